The predicted molar refractivity (Wildman–Crippen MR) is 85.0 cm³/mol. The number of aryl methyl sites for hydroxylation is 1. The van der Waals surface area contributed by atoms with Gasteiger partial charge in [-0.25, -0.2) is 0 Å². The first-order valence-corrected chi connectivity index (χ1v) is 7.67. The topological polar surface area (TPSA) is 26.0 Å². The van der Waals surface area contributed by atoms with Crippen molar-refractivity contribution in [1.29, 1.82) is 0 Å². The molecule has 0 saturated heterocycles. The van der Waals surface area contributed by atoms with Crippen LogP contribution in [0.25, 0.3) is 0 Å². The highest BCUT2D eigenvalue weighted by molar-refractivity contribution is 6.30. The summed E-state index contributed by atoms with van der Waals surface area (Å²) in [6.07, 6.45) is 5.50. The van der Waals surface area contributed by atoms with Gasteiger partial charge in [0.25, 0.3) is 0 Å². The molecule has 2 aromatic rings. The number of hydrogen-bond donors (Lipinski definition) is 1. The van der Waals surface area contributed by atoms with E-state index in [-0.39, 0.29) is 5.54 Å². The van der Waals surface area contributed by atoms with E-state index in [1.807, 2.05) is 12.1 Å². The zero-order chi connectivity index (χ0) is 14.0. The van der Waals surface area contributed by atoms with E-state index in [4.69, 9.17) is 17.3 Å². The molecule has 0 radical (unpaired) electrons. The minimum Gasteiger partial charge on any atom is -0.321 e. The highest BCUT2D eigenvalue weighted by Crippen LogP contribution is 2.35. The van der Waals surface area contributed by atoms with Gasteiger partial charge in [-0.2, -0.15) is 0 Å². The molecule has 2 N–H and O–H groups in total. The fourth-order valence-electron chi connectivity index (χ4n) is 3.26. The Morgan fingerprint density at radius 1 is 1.00 bits per heavy atom. The van der Waals surface area contributed by atoms with E-state index in [0.717, 1.165) is 24.3 Å². The van der Waals surface area contributed by atoms with Gasteiger partial charge in [0.1, 0.15) is 0 Å². The van der Waals surface area contributed by atoms with Crippen molar-refractivity contribution in [2.45, 2.75) is 37.6 Å². The van der Waals surface area contributed by atoms with Crippen LogP contribution >= 0.6 is 11.6 Å². The number of benzene rings is 2. The number of rotatable bonds is 2. The van der Waals surface area contributed by atoms with Gasteiger partial charge >= 0.3 is 0 Å². The molecule has 1 aliphatic carbocycles. The Hall–Kier alpha value is -1.31. The monoisotopic (exact) mass is 285 g/mol. The summed E-state index contributed by atoms with van der Waals surface area (Å²) in [4.78, 5) is 0. The van der Waals surface area contributed by atoms with Crippen molar-refractivity contribution in [2.24, 2.45) is 5.73 Å². The van der Waals surface area contributed by atoms with Crippen LogP contribution in [0.1, 0.15) is 36.0 Å². The van der Waals surface area contributed by atoms with Gasteiger partial charge in [-0.1, -0.05) is 54.4 Å². The zero-order valence-corrected chi connectivity index (χ0v) is 12.4. The normalized spacial score (nSPS) is 22.1. The molecule has 0 heterocycles. The standard InChI is InChI=1S/C18H20ClN/c19-16-10-8-14(9-11-16)13-18(20)12-4-3-6-15-5-1-2-7-17(15)18/h1-2,5,7-11H,3-4,6,12-13,20H2. The molecule has 0 spiro atoms. The maximum atomic E-state index is 6.81. The third-order valence-electron chi connectivity index (χ3n) is 4.31. The number of hydrogen-bond acceptors (Lipinski definition) is 1. The summed E-state index contributed by atoms with van der Waals surface area (Å²) < 4.78 is 0. The number of halogens is 1. The second-order valence-corrected chi connectivity index (χ2v) is 6.26. The van der Waals surface area contributed by atoms with Crippen LogP contribution in [0.2, 0.25) is 5.02 Å². The molecule has 20 heavy (non-hydrogen) atoms. The smallest absolute Gasteiger partial charge is 0.0453 e. The maximum absolute atomic E-state index is 6.81. The highest BCUT2D eigenvalue weighted by Gasteiger charge is 2.31. The first kappa shape index (κ1) is 13.7. The van der Waals surface area contributed by atoms with Gasteiger partial charge in [-0.3, -0.25) is 0 Å². The van der Waals surface area contributed by atoms with E-state index in [0.29, 0.717) is 0 Å². The van der Waals surface area contributed by atoms with Crippen molar-refractivity contribution >= 4 is 11.6 Å². The van der Waals surface area contributed by atoms with Crippen molar-refractivity contribution in [3.63, 3.8) is 0 Å². The van der Waals surface area contributed by atoms with Crippen LogP contribution in [0.5, 0.6) is 0 Å². The number of fused-ring (bicyclic) bond motifs is 1. The van der Waals surface area contributed by atoms with E-state index in [2.05, 4.69) is 36.4 Å². The van der Waals surface area contributed by atoms with Gasteiger partial charge < -0.3 is 5.73 Å². The van der Waals surface area contributed by atoms with Crippen molar-refractivity contribution in [3.8, 4) is 0 Å². The molecular formula is C18H20ClN. The third-order valence-corrected chi connectivity index (χ3v) is 4.56. The minimum absolute atomic E-state index is 0.249. The Morgan fingerprint density at radius 2 is 1.75 bits per heavy atom. The third kappa shape index (κ3) is 2.74. The van der Waals surface area contributed by atoms with Crippen molar-refractivity contribution < 1.29 is 0 Å². The molecule has 2 heteroatoms. The average molecular weight is 286 g/mol. The van der Waals surface area contributed by atoms with Crippen molar-refractivity contribution in [1.82, 2.24) is 0 Å². The van der Waals surface area contributed by atoms with Crippen LogP contribution in [0.4, 0.5) is 0 Å². The summed E-state index contributed by atoms with van der Waals surface area (Å²) in [6, 6.07) is 16.7. The molecule has 2 aromatic carbocycles. The first-order chi connectivity index (χ1) is 9.67. The van der Waals surface area contributed by atoms with Crippen LogP contribution in [0, 0.1) is 0 Å². The van der Waals surface area contributed by atoms with Gasteiger partial charge in [0.05, 0.1) is 0 Å². The Labute approximate surface area is 125 Å². The van der Waals surface area contributed by atoms with Crippen LogP contribution in [0.15, 0.2) is 48.5 Å². The second kappa shape index (κ2) is 5.59. The van der Waals surface area contributed by atoms with E-state index < -0.39 is 0 Å². The quantitative estimate of drug-likeness (QED) is 0.810. The summed E-state index contributed by atoms with van der Waals surface area (Å²) in [7, 11) is 0. The van der Waals surface area contributed by atoms with Crippen LogP contribution < -0.4 is 5.73 Å². The molecule has 3 rings (SSSR count). The fourth-order valence-corrected chi connectivity index (χ4v) is 3.39. The Kier molecular flexibility index (Phi) is 3.82. The Morgan fingerprint density at radius 3 is 2.55 bits per heavy atom. The van der Waals surface area contributed by atoms with Gasteiger partial charge in [0.15, 0.2) is 0 Å². The summed E-state index contributed by atoms with van der Waals surface area (Å²) in [5, 5.41) is 0.779. The van der Waals surface area contributed by atoms with E-state index in [1.165, 1.54) is 29.5 Å². The summed E-state index contributed by atoms with van der Waals surface area (Å²) >= 11 is 5.97. The van der Waals surface area contributed by atoms with E-state index in [9.17, 15) is 0 Å². The lowest BCUT2D eigenvalue weighted by molar-refractivity contribution is 0.399. The van der Waals surface area contributed by atoms with Gasteiger partial charge in [-0.15, -0.1) is 0 Å². The van der Waals surface area contributed by atoms with Gasteiger partial charge in [0, 0.05) is 10.6 Å². The molecule has 0 aromatic heterocycles. The second-order valence-electron chi connectivity index (χ2n) is 5.82. The molecule has 0 saturated carbocycles. The molecular weight excluding hydrogens is 266 g/mol. The predicted octanol–water partition coefficient (Wildman–Crippen LogP) is 4.46. The van der Waals surface area contributed by atoms with Crippen LogP contribution in [0.3, 0.4) is 0 Å². The van der Waals surface area contributed by atoms with Crippen LogP contribution in [-0.4, -0.2) is 0 Å². The molecule has 0 amide bonds. The van der Waals surface area contributed by atoms with E-state index in [1.54, 1.807) is 0 Å². The average Bonchev–Trinajstić information content (AvgIpc) is 2.62. The van der Waals surface area contributed by atoms with Crippen molar-refractivity contribution in [2.75, 3.05) is 0 Å². The summed E-state index contributed by atoms with van der Waals surface area (Å²) in [5.74, 6) is 0. The Balaban J connectivity index is 1.96. The molecule has 1 nitrogen and oxygen atoms in total. The SMILES string of the molecule is NC1(Cc2ccc(Cl)cc2)CCCCc2ccccc21. The molecule has 0 aliphatic heterocycles. The molecule has 1 unspecified atom stereocenters. The van der Waals surface area contributed by atoms with Gasteiger partial charge in [0.2, 0.25) is 0 Å². The fraction of sp³-hybridized carbons (Fsp3) is 0.333. The molecule has 1 atom stereocenters. The summed E-state index contributed by atoms with van der Waals surface area (Å²) in [6.45, 7) is 0. The lowest BCUT2D eigenvalue weighted by Crippen LogP contribution is -2.39. The number of nitrogens with two attached hydrogens (primary N) is 1. The van der Waals surface area contributed by atoms with Gasteiger partial charge in [-0.05, 0) is 54.5 Å². The molecule has 1 aliphatic rings. The Bertz CT molecular complexity index is 591. The lowest BCUT2D eigenvalue weighted by Gasteiger charge is -2.30. The minimum atomic E-state index is -0.249. The lowest BCUT2D eigenvalue weighted by atomic mass is 9.80. The summed E-state index contributed by atoms with van der Waals surface area (Å²) in [5.41, 5.74) is 10.6. The van der Waals surface area contributed by atoms with Crippen LogP contribution in [-0.2, 0) is 18.4 Å². The largest absolute Gasteiger partial charge is 0.321 e. The molecule has 0 fully saturated rings. The first-order valence-electron chi connectivity index (χ1n) is 7.29. The molecule has 104 valence electrons. The van der Waals surface area contributed by atoms with Crippen molar-refractivity contribution in [3.05, 3.63) is 70.2 Å². The zero-order valence-electron chi connectivity index (χ0n) is 11.6. The molecule has 0 bridgehead atoms. The van der Waals surface area contributed by atoms with E-state index >= 15 is 0 Å². The highest BCUT2D eigenvalue weighted by atomic mass is 35.5. The maximum Gasteiger partial charge on any atom is 0.0453 e.